The molecule has 25 heavy (non-hydrogen) atoms. The molecule has 1 aromatic rings. The van der Waals surface area contributed by atoms with Gasteiger partial charge in [-0.25, -0.2) is 8.42 Å². The van der Waals surface area contributed by atoms with Crippen LogP contribution in [0, 0.1) is 0 Å². The van der Waals surface area contributed by atoms with Crippen LogP contribution in [-0.4, -0.2) is 60.2 Å². The first-order valence-electron chi connectivity index (χ1n) is 7.88. The maximum atomic E-state index is 12.8. The molecule has 9 heteroatoms. The van der Waals surface area contributed by atoms with E-state index in [2.05, 4.69) is 20.8 Å². The maximum Gasteiger partial charge on any atom is 0.246 e. The molecule has 1 fully saturated rings. The zero-order chi connectivity index (χ0) is 18.8. The Balaban J connectivity index is 2.03. The van der Waals surface area contributed by atoms with E-state index in [1.165, 1.54) is 16.4 Å². The number of rotatable bonds is 4. The number of sulfonamides is 1. The first kappa shape index (κ1) is 20.8. The van der Waals surface area contributed by atoms with Crippen LogP contribution in [0.25, 0.3) is 0 Å². The summed E-state index contributed by atoms with van der Waals surface area (Å²) in [5.41, 5.74) is 0. The van der Waals surface area contributed by atoms with Crippen molar-refractivity contribution in [2.75, 3.05) is 31.9 Å². The number of benzene rings is 1. The fourth-order valence-corrected chi connectivity index (χ4v) is 5.66. The lowest BCUT2D eigenvalue weighted by Crippen LogP contribution is -2.51. The van der Waals surface area contributed by atoms with E-state index in [4.69, 9.17) is 23.2 Å². The van der Waals surface area contributed by atoms with Gasteiger partial charge >= 0.3 is 0 Å². The van der Waals surface area contributed by atoms with Gasteiger partial charge in [-0.05, 0) is 12.1 Å². The van der Waals surface area contributed by atoms with Crippen LogP contribution in [0.1, 0.15) is 20.8 Å². The fourth-order valence-electron chi connectivity index (χ4n) is 2.41. The van der Waals surface area contributed by atoms with Crippen molar-refractivity contribution in [1.82, 2.24) is 9.21 Å². The molecule has 0 N–H and O–H groups in total. The van der Waals surface area contributed by atoms with Crippen molar-refractivity contribution in [3.05, 3.63) is 28.2 Å². The van der Waals surface area contributed by atoms with Gasteiger partial charge in [0.05, 0.1) is 15.8 Å². The monoisotopic (exact) mass is 424 g/mol. The molecule has 1 amide bonds. The summed E-state index contributed by atoms with van der Waals surface area (Å²) in [6.45, 7) is 7.37. The van der Waals surface area contributed by atoms with Gasteiger partial charge < -0.3 is 4.90 Å². The number of hydrogen-bond acceptors (Lipinski definition) is 4. The van der Waals surface area contributed by atoms with Gasteiger partial charge in [0.1, 0.15) is 4.90 Å². The second kappa shape index (κ2) is 8.05. The molecule has 1 aliphatic heterocycles. The van der Waals surface area contributed by atoms with Gasteiger partial charge in [-0.1, -0.05) is 50.0 Å². The highest BCUT2D eigenvalue weighted by Gasteiger charge is 2.33. The van der Waals surface area contributed by atoms with E-state index in [0.717, 1.165) is 0 Å². The van der Waals surface area contributed by atoms with Crippen LogP contribution in [0.4, 0.5) is 0 Å². The Bertz CT molecular complexity index is 720. The quantitative estimate of drug-likeness (QED) is 0.743. The number of hydrogen-bond donors (Lipinski definition) is 0. The van der Waals surface area contributed by atoms with Gasteiger partial charge in [0.15, 0.2) is 0 Å². The molecule has 0 aromatic heterocycles. The van der Waals surface area contributed by atoms with Crippen LogP contribution in [-0.2, 0) is 14.8 Å². The normalized spacial score (nSPS) is 16.9. The van der Waals surface area contributed by atoms with Crippen LogP contribution in [0.3, 0.4) is 0 Å². The topological polar surface area (TPSA) is 57.7 Å². The Kier molecular flexibility index (Phi) is 6.71. The van der Waals surface area contributed by atoms with Crippen LogP contribution < -0.4 is 0 Å². The minimum Gasteiger partial charge on any atom is -0.339 e. The minimum absolute atomic E-state index is 0.0155. The van der Waals surface area contributed by atoms with Gasteiger partial charge in [0.2, 0.25) is 15.9 Å². The molecule has 0 unspecified atom stereocenters. The number of thioether (sulfide) groups is 1. The molecule has 140 valence electrons. The Morgan fingerprint density at radius 1 is 1.12 bits per heavy atom. The first-order valence-corrected chi connectivity index (χ1v) is 11.1. The van der Waals surface area contributed by atoms with E-state index >= 15 is 0 Å². The van der Waals surface area contributed by atoms with Crippen LogP contribution in [0.15, 0.2) is 23.1 Å². The number of amides is 1. The molecule has 1 heterocycles. The summed E-state index contributed by atoms with van der Waals surface area (Å²) < 4.78 is 27.0. The molecule has 0 atom stereocenters. The number of carbonyl (C=O) groups is 1. The van der Waals surface area contributed by atoms with E-state index < -0.39 is 10.0 Å². The summed E-state index contributed by atoms with van der Waals surface area (Å²) in [6, 6.07) is 4.61. The third-order valence-electron chi connectivity index (χ3n) is 3.74. The summed E-state index contributed by atoms with van der Waals surface area (Å²) in [7, 11) is -3.78. The molecule has 1 aromatic carbocycles. The molecule has 0 radical (unpaired) electrons. The van der Waals surface area contributed by atoms with E-state index in [0.29, 0.717) is 18.8 Å². The van der Waals surface area contributed by atoms with Gasteiger partial charge in [-0.2, -0.15) is 4.31 Å². The van der Waals surface area contributed by atoms with E-state index in [-0.39, 0.29) is 38.7 Å². The standard InChI is InChI=1S/C16H22Cl2N2O3S2/c1-16(2,3)24-11-14(21)19-7-9-20(10-8-19)25(22,23)15-12(17)5-4-6-13(15)18/h4-6H,7-11H2,1-3H3. The predicted octanol–water partition coefficient (Wildman–Crippen LogP) is 3.36. The van der Waals surface area contributed by atoms with Gasteiger partial charge in [0, 0.05) is 30.9 Å². The summed E-state index contributed by atoms with van der Waals surface area (Å²) in [4.78, 5) is 13.9. The third-order valence-corrected chi connectivity index (χ3v) is 7.85. The van der Waals surface area contributed by atoms with Crippen LogP contribution in [0.5, 0.6) is 0 Å². The molecule has 5 nitrogen and oxygen atoms in total. The lowest BCUT2D eigenvalue weighted by atomic mass is 10.3. The van der Waals surface area contributed by atoms with Crippen LogP contribution in [0.2, 0.25) is 10.0 Å². The van der Waals surface area contributed by atoms with E-state index in [1.54, 1.807) is 22.7 Å². The van der Waals surface area contributed by atoms with Gasteiger partial charge in [-0.3, -0.25) is 4.79 Å². The highest BCUT2D eigenvalue weighted by Crippen LogP contribution is 2.32. The number of carbonyl (C=O) groups excluding carboxylic acids is 1. The second-order valence-electron chi connectivity index (χ2n) is 6.74. The van der Waals surface area contributed by atoms with E-state index in [9.17, 15) is 13.2 Å². The van der Waals surface area contributed by atoms with Crippen molar-refractivity contribution < 1.29 is 13.2 Å². The fraction of sp³-hybridized carbons (Fsp3) is 0.562. The molecule has 0 bridgehead atoms. The lowest BCUT2D eigenvalue weighted by molar-refractivity contribution is -0.129. The number of piperazine rings is 1. The Hall–Kier alpha value is -0.470. The molecule has 0 spiro atoms. The van der Waals surface area contributed by atoms with Crippen molar-refractivity contribution in [3.8, 4) is 0 Å². The SMILES string of the molecule is CC(C)(C)SCC(=O)N1CCN(S(=O)(=O)c2c(Cl)cccc2Cl)CC1. The smallest absolute Gasteiger partial charge is 0.246 e. The number of nitrogens with zero attached hydrogens (tertiary/aromatic N) is 2. The molecule has 2 rings (SSSR count). The van der Waals surface area contributed by atoms with Crippen molar-refractivity contribution in [1.29, 1.82) is 0 Å². The molecule has 1 saturated heterocycles. The van der Waals surface area contributed by atoms with Crippen molar-refractivity contribution >= 4 is 50.9 Å². The third kappa shape index (κ3) is 5.26. The maximum absolute atomic E-state index is 12.8. The summed E-state index contributed by atoms with van der Waals surface area (Å²) in [5.74, 6) is 0.430. The lowest BCUT2D eigenvalue weighted by Gasteiger charge is -2.34. The largest absolute Gasteiger partial charge is 0.339 e. The number of halogens is 2. The molecular formula is C16H22Cl2N2O3S2. The van der Waals surface area contributed by atoms with Gasteiger partial charge in [-0.15, -0.1) is 11.8 Å². The summed E-state index contributed by atoms with van der Waals surface area (Å²) >= 11 is 13.7. The Labute approximate surface area is 163 Å². The zero-order valence-electron chi connectivity index (χ0n) is 14.5. The highest BCUT2D eigenvalue weighted by molar-refractivity contribution is 8.01. The van der Waals surface area contributed by atoms with Crippen molar-refractivity contribution in [2.24, 2.45) is 0 Å². The predicted molar refractivity (Wildman–Crippen MR) is 104 cm³/mol. The molecule has 1 aliphatic rings. The van der Waals surface area contributed by atoms with Gasteiger partial charge in [0.25, 0.3) is 0 Å². The zero-order valence-corrected chi connectivity index (χ0v) is 17.6. The summed E-state index contributed by atoms with van der Waals surface area (Å²) in [6.07, 6.45) is 0. The second-order valence-corrected chi connectivity index (χ2v) is 11.2. The average molecular weight is 425 g/mol. The average Bonchev–Trinajstić information content (AvgIpc) is 2.51. The van der Waals surface area contributed by atoms with Crippen molar-refractivity contribution in [2.45, 2.75) is 30.4 Å². The Morgan fingerprint density at radius 3 is 2.12 bits per heavy atom. The van der Waals surface area contributed by atoms with Crippen LogP contribution >= 0.6 is 35.0 Å². The minimum atomic E-state index is -3.78. The Morgan fingerprint density at radius 2 is 1.64 bits per heavy atom. The van der Waals surface area contributed by atoms with Crippen molar-refractivity contribution in [3.63, 3.8) is 0 Å². The molecule has 0 aliphatic carbocycles. The van der Waals surface area contributed by atoms with E-state index in [1.807, 2.05) is 0 Å². The molecule has 0 saturated carbocycles. The summed E-state index contributed by atoms with van der Waals surface area (Å²) in [5, 5.41) is 0.208. The highest BCUT2D eigenvalue weighted by atomic mass is 35.5. The first-order chi connectivity index (χ1) is 11.5. The molecular weight excluding hydrogens is 403 g/mol.